The van der Waals surface area contributed by atoms with E-state index in [2.05, 4.69) is 139 Å². The summed E-state index contributed by atoms with van der Waals surface area (Å²) in [6, 6.07) is 32.6. The van der Waals surface area contributed by atoms with Crippen molar-refractivity contribution in [2.75, 3.05) is 0 Å². The molecule has 0 aliphatic heterocycles. The van der Waals surface area contributed by atoms with Crippen LogP contribution in [-0.2, 0) is 6.42 Å². The average Bonchev–Trinajstić information content (AvgIpc) is 3.34. The molecule has 0 fully saturated rings. The molecule has 0 spiro atoms. The second-order valence-electron chi connectivity index (χ2n) is 11.6. The Labute approximate surface area is 226 Å². The second kappa shape index (κ2) is 11.5. The summed E-state index contributed by atoms with van der Waals surface area (Å²) in [7, 11) is -0.984. The highest BCUT2D eigenvalue weighted by molar-refractivity contribution is 7.76. The molecule has 1 aliphatic carbocycles. The van der Waals surface area contributed by atoms with Crippen LogP contribution >= 0.6 is 15.8 Å². The lowest BCUT2D eigenvalue weighted by Gasteiger charge is -2.49. The van der Waals surface area contributed by atoms with Crippen molar-refractivity contribution in [3.05, 3.63) is 120 Å². The summed E-state index contributed by atoms with van der Waals surface area (Å²) >= 11 is 0. The van der Waals surface area contributed by atoms with Crippen LogP contribution in [-0.4, -0.2) is 16.0 Å². The molecule has 0 aromatic heterocycles. The first-order valence-electron chi connectivity index (χ1n) is 13.2. The van der Waals surface area contributed by atoms with Gasteiger partial charge in [-0.3, -0.25) is 0 Å². The van der Waals surface area contributed by atoms with E-state index in [9.17, 15) is 5.26 Å². The fourth-order valence-electron chi connectivity index (χ4n) is 6.23. The molecule has 37 heavy (non-hydrogen) atoms. The van der Waals surface area contributed by atoms with Crippen LogP contribution in [0.25, 0.3) is 0 Å². The van der Waals surface area contributed by atoms with Gasteiger partial charge in [0.05, 0.1) is 11.6 Å². The summed E-state index contributed by atoms with van der Waals surface area (Å²) in [6.07, 6.45) is 8.21. The Morgan fingerprint density at radius 2 is 1.35 bits per heavy atom. The lowest BCUT2D eigenvalue weighted by molar-refractivity contribution is 0.621. The number of allylic oxidation sites excluding steroid dienone is 4. The molecule has 0 N–H and O–H groups in total. The van der Waals surface area contributed by atoms with E-state index in [-0.39, 0.29) is 18.2 Å². The van der Waals surface area contributed by atoms with E-state index in [0.717, 1.165) is 12.0 Å². The molecule has 1 aliphatic rings. The van der Waals surface area contributed by atoms with Crippen LogP contribution in [0, 0.1) is 17.2 Å². The molecule has 2 unspecified atom stereocenters. The van der Waals surface area contributed by atoms with Crippen LogP contribution in [0.5, 0.6) is 0 Å². The normalized spacial score (nSPS) is 17.4. The smallest absolute Gasteiger partial charge is 0.0991 e. The molecule has 0 saturated carbocycles. The van der Waals surface area contributed by atoms with Crippen LogP contribution in [0.3, 0.4) is 0 Å². The van der Waals surface area contributed by atoms with Crippen LogP contribution < -0.4 is 10.6 Å². The van der Waals surface area contributed by atoms with Crippen LogP contribution in [0.15, 0.2) is 108 Å². The van der Waals surface area contributed by atoms with Gasteiger partial charge in [-0.2, -0.15) is 5.26 Å². The molecule has 190 valence electrons. The van der Waals surface area contributed by atoms with Crippen molar-refractivity contribution in [2.45, 2.75) is 63.9 Å². The lowest BCUT2D eigenvalue weighted by Crippen LogP contribution is -2.37. The minimum absolute atomic E-state index is 0.144. The maximum atomic E-state index is 9.23. The van der Waals surface area contributed by atoms with E-state index < -0.39 is 7.92 Å². The number of nitrogens with zero attached hydrogens (tertiary/aromatic N) is 1. The predicted molar refractivity (Wildman–Crippen MR) is 165 cm³/mol. The van der Waals surface area contributed by atoms with E-state index >= 15 is 0 Å². The van der Waals surface area contributed by atoms with Gasteiger partial charge in [0.2, 0.25) is 0 Å². The van der Waals surface area contributed by atoms with Gasteiger partial charge in [0.1, 0.15) is 0 Å². The largest absolute Gasteiger partial charge is 0.192 e. The fourth-order valence-corrected chi connectivity index (χ4v) is 14.1. The monoisotopic (exact) mass is 523 g/mol. The molecule has 3 aromatic carbocycles. The number of hydrogen-bond acceptors (Lipinski definition) is 1. The average molecular weight is 524 g/mol. The third kappa shape index (κ3) is 6.32. The first-order valence-corrected chi connectivity index (χ1v) is 15.9. The van der Waals surface area contributed by atoms with Crippen LogP contribution in [0.2, 0.25) is 0 Å². The summed E-state index contributed by atoms with van der Waals surface area (Å²) < 4.78 is 0. The lowest BCUT2D eigenvalue weighted by atomic mass is 10.0. The van der Waals surface area contributed by atoms with Gasteiger partial charge in [0.15, 0.2) is 0 Å². The quantitative estimate of drug-likeness (QED) is 0.271. The molecular weight excluding hydrogens is 484 g/mol. The number of rotatable bonds is 8. The minimum atomic E-state index is -0.596. The highest BCUT2D eigenvalue weighted by atomic mass is 31.1. The van der Waals surface area contributed by atoms with Gasteiger partial charge in [0.25, 0.3) is 0 Å². The standard InChI is InChI=1S/C34H39NP2/c1-26(37(33(2,3)4)34(5,6)24-27-20-22-28(25-35)23-21-27)31-18-13-19-32(31)36(29-14-9-7-10-15-29)30-16-11-8-12-17-30/h7-23,26,31H,24H2,1-6H3/t26?,31?,37-/m1/s1. The molecular formula is C34H39NP2. The van der Waals surface area contributed by atoms with Crippen LogP contribution in [0.1, 0.15) is 52.7 Å². The molecule has 4 rings (SSSR count). The van der Waals surface area contributed by atoms with E-state index in [0.29, 0.717) is 11.6 Å². The van der Waals surface area contributed by atoms with Crippen molar-refractivity contribution in [2.24, 2.45) is 5.92 Å². The van der Waals surface area contributed by atoms with E-state index in [1.807, 2.05) is 12.1 Å². The van der Waals surface area contributed by atoms with Crippen molar-refractivity contribution in [3.8, 4) is 6.07 Å². The Morgan fingerprint density at radius 1 is 0.811 bits per heavy atom. The third-order valence-corrected chi connectivity index (χ3v) is 13.9. The molecule has 0 bridgehead atoms. The van der Waals surface area contributed by atoms with E-state index in [4.69, 9.17) is 0 Å². The summed E-state index contributed by atoms with van der Waals surface area (Å²) in [5, 5.41) is 14.0. The van der Waals surface area contributed by atoms with E-state index in [1.54, 1.807) is 5.31 Å². The molecule has 0 heterocycles. The summed E-state index contributed by atoms with van der Waals surface area (Å²) in [5.74, 6) is 0.428. The zero-order chi connectivity index (χ0) is 26.6. The van der Waals surface area contributed by atoms with Crippen LogP contribution in [0.4, 0.5) is 0 Å². The van der Waals surface area contributed by atoms with Crippen molar-refractivity contribution >= 4 is 26.5 Å². The highest BCUT2D eigenvalue weighted by Gasteiger charge is 2.44. The van der Waals surface area contributed by atoms with Gasteiger partial charge in [-0.25, -0.2) is 0 Å². The maximum Gasteiger partial charge on any atom is 0.0991 e. The number of hydrogen-bond donors (Lipinski definition) is 0. The van der Waals surface area contributed by atoms with Gasteiger partial charge >= 0.3 is 0 Å². The molecule has 3 heteroatoms. The fraction of sp³-hybridized carbons (Fsp3) is 0.324. The molecule has 1 nitrogen and oxygen atoms in total. The van der Waals surface area contributed by atoms with Crippen molar-refractivity contribution in [1.29, 1.82) is 5.26 Å². The zero-order valence-electron chi connectivity index (χ0n) is 23.0. The Morgan fingerprint density at radius 3 is 1.84 bits per heavy atom. The van der Waals surface area contributed by atoms with Gasteiger partial charge < -0.3 is 0 Å². The third-order valence-electron chi connectivity index (χ3n) is 7.24. The zero-order valence-corrected chi connectivity index (χ0v) is 24.8. The van der Waals surface area contributed by atoms with Crippen molar-refractivity contribution in [3.63, 3.8) is 0 Å². The Bertz CT molecular complexity index is 1240. The van der Waals surface area contributed by atoms with Gasteiger partial charge in [0, 0.05) is 5.92 Å². The first kappa shape index (κ1) is 27.5. The number of nitriles is 1. The number of benzene rings is 3. The van der Waals surface area contributed by atoms with Gasteiger partial charge in [-0.1, -0.05) is 140 Å². The summed E-state index contributed by atoms with van der Waals surface area (Å²) in [5.41, 5.74) is 2.58. The van der Waals surface area contributed by atoms with E-state index in [1.165, 1.54) is 16.2 Å². The maximum absolute atomic E-state index is 9.23. The molecule has 0 radical (unpaired) electrons. The molecule has 0 amide bonds. The molecule has 3 atom stereocenters. The Kier molecular flexibility index (Phi) is 8.54. The summed E-state index contributed by atoms with van der Waals surface area (Å²) in [4.78, 5) is 0. The predicted octanol–water partition coefficient (Wildman–Crippen LogP) is 8.75. The highest BCUT2D eigenvalue weighted by Crippen LogP contribution is 2.67. The first-order chi connectivity index (χ1) is 17.6. The Balaban J connectivity index is 1.69. The van der Waals surface area contributed by atoms with Crippen molar-refractivity contribution < 1.29 is 0 Å². The SMILES string of the molecule is CC(C1C=CC=C1P(c1ccccc1)c1ccccc1)[P@](C(C)(C)C)C(C)(C)Cc1ccc(C#N)cc1. The second-order valence-corrected chi connectivity index (χ2v) is 17.9. The van der Waals surface area contributed by atoms with Crippen molar-refractivity contribution in [1.82, 2.24) is 0 Å². The minimum Gasteiger partial charge on any atom is -0.192 e. The Hall–Kier alpha value is -2.51. The molecule has 3 aromatic rings. The topological polar surface area (TPSA) is 23.8 Å². The molecule has 0 saturated heterocycles. The van der Waals surface area contributed by atoms with Gasteiger partial charge in [-0.15, -0.1) is 0 Å². The van der Waals surface area contributed by atoms with Gasteiger partial charge in [-0.05, 0) is 63.9 Å². The summed E-state index contributed by atoms with van der Waals surface area (Å²) in [6.45, 7) is 14.8.